The molecular weight excluding hydrogens is 254 g/mol. The van der Waals surface area contributed by atoms with Gasteiger partial charge in [-0.05, 0) is 47.2 Å². The van der Waals surface area contributed by atoms with Crippen LogP contribution in [0.25, 0.3) is 22.0 Å². The SMILES string of the molecule is CCC(C)c1ccc2ccccc2c1-c1ccc(C)cn1. The molecule has 0 saturated heterocycles. The van der Waals surface area contributed by atoms with Crippen LogP contribution < -0.4 is 0 Å². The third-order valence-corrected chi connectivity index (χ3v) is 4.27. The second-order valence-corrected chi connectivity index (χ2v) is 5.78. The third kappa shape index (κ3) is 2.56. The summed E-state index contributed by atoms with van der Waals surface area (Å²) in [6.45, 7) is 6.61. The molecule has 1 unspecified atom stereocenters. The van der Waals surface area contributed by atoms with Crippen molar-refractivity contribution in [2.24, 2.45) is 0 Å². The molecule has 1 nitrogen and oxygen atoms in total. The van der Waals surface area contributed by atoms with Crippen LogP contribution in [0.4, 0.5) is 0 Å². The standard InChI is InChI=1S/C20H21N/c1-4-15(3)17-11-10-16-7-5-6-8-18(16)20(17)19-12-9-14(2)13-21-19/h5-13,15H,4H2,1-3H3. The number of fused-ring (bicyclic) bond motifs is 1. The lowest BCUT2D eigenvalue weighted by Crippen LogP contribution is -1.98. The van der Waals surface area contributed by atoms with Gasteiger partial charge in [-0.1, -0.05) is 56.3 Å². The van der Waals surface area contributed by atoms with Crippen molar-refractivity contribution in [3.8, 4) is 11.3 Å². The van der Waals surface area contributed by atoms with Crippen LogP contribution in [-0.4, -0.2) is 4.98 Å². The van der Waals surface area contributed by atoms with Crippen LogP contribution >= 0.6 is 0 Å². The largest absolute Gasteiger partial charge is 0.256 e. The minimum Gasteiger partial charge on any atom is -0.256 e. The zero-order valence-corrected chi connectivity index (χ0v) is 12.9. The van der Waals surface area contributed by atoms with Gasteiger partial charge in [0.2, 0.25) is 0 Å². The minimum absolute atomic E-state index is 0.535. The molecule has 0 aliphatic heterocycles. The number of aromatic nitrogens is 1. The van der Waals surface area contributed by atoms with Gasteiger partial charge in [-0.15, -0.1) is 0 Å². The van der Waals surface area contributed by atoms with Crippen LogP contribution in [0.15, 0.2) is 54.7 Å². The summed E-state index contributed by atoms with van der Waals surface area (Å²) in [7, 11) is 0. The quantitative estimate of drug-likeness (QED) is 0.595. The summed E-state index contributed by atoms with van der Waals surface area (Å²) in [5.74, 6) is 0.535. The molecule has 21 heavy (non-hydrogen) atoms. The molecule has 0 amide bonds. The van der Waals surface area contributed by atoms with Crippen molar-refractivity contribution in [1.82, 2.24) is 4.98 Å². The molecule has 1 heteroatoms. The monoisotopic (exact) mass is 275 g/mol. The number of nitrogens with zero attached hydrogens (tertiary/aromatic N) is 1. The van der Waals surface area contributed by atoms with Gasteiger partial charge in [0.05, 0.1) is 5.69 Å². The van der Waals surface area contributed by atoms with Gasteiger partial charge >= 0.3 is 0 Å². The minimum atomic E-state index is 0.535. The van der Waals surface area contributed by atoms with E-state index in [-0.39, 0.29) is 0 Å². The number of pyridine rings is 1. The maximum Gasteiger partial charge on any atom is 0.0711 e. The van der Waals surface area contributed by atoms with Crippen molar-refractivity contribution in [3.05, 3.63) is 65.9 Å². The lowest BCUT2D eigenvalue weighted by Gasteiger charge is -2.17. The lowest BCUT2D eigenvalue weighted by molar-refractivity contribution is 0.736. The van der Waals surface area contributed by atoms with E-state index in [1.54, 1.807) is 0 Å². The summed E-state index contributed by atoms with van der Waals surface area (Å²) >= 11 is 0. The van der Waals surface area contributed by atoms with Crippen LogP contribution in [0.3, 0.4) is 0 Å². The normalized spacial score (nSPS) is 12.5. The first-order valence-electron chi connectivity index (χ1n) is 7.65. The number of aryl methyl sites for hydroxylation is 1. The Labute approximate surface area is 126 Å². The summed E-state index contributed by atoms with van der Waals surface area (Å²) in [5, 5.41) is 2.58. The molecule has 3 aromatic rings. The Morgan fingerprint density at radius 1 is 1.00 bits per heavy atom. The van der Waals surface area contributed by atoms with E-state index >= 15 is 0 Å². The van der Waals surface area contributed by atoms with Gasteiger partial charge in [0.1, 0.15) is 0 Å². The molecule has 1 aromatic heterocycles. The molecule has 1 atom stereocenters. The zero-order valence-electron chi connectivity index (χ0n) is 12.9. The van der Waals surface area contributed by atoms with Crippen molar-refractivity contribution in [1.29, 1.82) is 0 Å². The molecule has 3 rings (SSSR count). The van der Waals surface area contributed by atoms with Crippen LogP contribution in [0.1, 0.15) is 37.3 Å². The summed E-state index contributed by atoms with van der Waals surface area (Å²) in [6.07, 6.45) is 3.09. The Morgan fingerprint density at radius 2 is 1.81 bits per heavy atom. The fraction of sp³-hybridized carbons (Fsp3) is 0.250. The fourth-order valence-corrected chi connectivity index (χ4v) is 2.82. The molecule has 106 valence electrons. The summed E-state index contributed by atoms with van der Waals surface area (Å²) < 4.78 is 0. The van der Waals surface area contributed by atoms with E-state index < -0.39 is 0 Å². The van der Waals surface area contributed by atoms with E-state index in [4.69, 9.17) is 0 Å². The molecule has 0 bridgehead atoms. The second kappa shape index (κ2) is 5.69. The smallest absolute Gasteiger partial charge is 0.0711 e. The molecule has 0 fully saturated rings. The molecule has 2 aromatic carbocycles. The average molecular weight is 275 g/mol. The second-order valence-electron chi connectivity index (χ2n) is 5.78. The molecule has 0 aliphatic rings. The van der Waals surface area contributed by atoms with E-state index in [9.17, 15) is 0 Å². The van der Waals surface area contributed by atoms with Gasteiger partial charge in [0.15, 0.2) is 0 Å². The topological polar surface area (TPSA) is 12.9 Å². The highest BCUT2D eigenvalue weighted by atomic mass is 14.7. The van der Waals surface area contributed by atoms with Crippen LogP contribution in [0.2, 0.25) is 0 Å². The number of rotatable bonds is 3. The van der Waals surface area contributed by atoms with E-state index in [1.165, 1.54) is 27.5 Å². The number of benzene rings is 2. The summed E-state index contributed by atoms with van der Waals surface area (Å²) in [4.78, 5) is 4.68. The van der Waals surface area contributed by atoms with Crippen LogP contribution in [0, 0.1) is 6.92 Å². The average Bonchev–Trinajstić information content (AvgIpc) is 2.54. The Balaban J connectivity index is 2.32. The van der Waals surface area contributed by atoms with Gasteiger partial charge in [-0.2, -0.15) is 0 Å². The van der Waals surface area contributed by atoms with Crippen molar-refractivity contribution in [2.75, 3.05) is 0 Å². The fourth-order valence-electron chi connectivity index (χ4n) is 2.82. The van der Waals surface area contributed by atoms with Crippen molar-refractivity contribution in [2.45, 2.75) is 33.1 Å². The van der Waals surface area contributed by atoms with E-state index in [1.807, 2.05) is 6.20 Å². The molecule has 0 spiro atoms. The predicted octanol–water partition coefficient (Wildman–Crippen LogP) is 5.72. The summed E-state index contributed by atoms with van der Waals surface area (Å²) in [6, 6.07) is 17.4. The highest BCUT2D eigenvalue weighted by molar-refractivity contribution is 5.97. The van der Waals surface area contributed by atoms with Crippen LogP contribution in [-0.2, 0) is 0 Å². The Morgan fingerprint density at radius 3 is 2.52 bits per heavy atom. The highest BCUT2D eigenvalue weighted by Crippen LogP contribution is 2.36. The van der Waals surface area contributed by atoms with E-state index in [2.05, 4.69) is 74.3 Å². The third-order valence-electron chi connectivity index (χ3n) is 4.27. The molecule has 0 radical (unpaired) electrons. The van der Waals surface area contributed by atoms with Gasteiger partial charge < -0.3 is 0 Å². The van der Waals surface area contributed by atoms with Crippen molar-refractivity contribution >= 4 is 10.8 Å². The van der Waals surface area contributed by atoms with Crippen molar-refractivity contribution in [3.63, 3.8) is 0 Å². The number of hydrogen-bond acceptors (Lipinski definition) is 1. The first kappa shape index (κ1) is 13.8. The maximum atomic E-state index is 4.68. The van der Waals surface area contributed by atoms with Gasteiger partial charge in [0, 0.05) is 11.8 Å². The Kier molecular flexibility index (Phi) is 3.74. The maximum absolute atomic E-state index is 4.68. The van der Waals surface area contributed by atoms with Gasteiger partial charge in [-0.25, -0.2) is 0 Å². The van der Waals surface area contributed by atoms with E-state index in [0.717, 1.165) is 12.1 Å². The lowest BCUT2D eigenvalue weighted by atomic mass is 9.88. The predicted molar refractivity (Wildman–Crippen MR) is 90.6 cm³/mol. The molecule has 1 heterocycles. The van der Waals surface area contributed by atoms with Gasteiger partial charge in [-0.3, -0.25) is 4.98 Å². The van der Waals surface area contributed by atoms with E-state index in [0.29, 0.717) is 5.92 Å². The molecule has 0 aliphatic carbocycles. The van der Waals surface area contributed by atoms with Gasteiger partial charge in [0.25, 0.3) is 0 Å². The summed E-state index contributed by atoms with van der Waals surface area (Å²) in [5.41, 5.74) is 4.96. The highest BCUT2D eigenvalue weighted by Gasteiger charge is 2.14. The first-order chi connectivity index (χ1) is 10.2. The number of hydrogen-bond donors (Lipinski definition) is 0. The van der Waals surface area contributed by atoms with Crippen molar-refractivity contribution < 1.29 is 0 Å². The first-order valence-corrected chi connectivity index (χ1v) is 7.65. The van der Waals surface area contributed by atoms with Crippen LogP contribution in [0.5, 0.6) is 0 Å². The Hall–Kier alpha value is -2.15. The molecule has 0 N–H and O–H groups in total. The molecular formula is C20H21N. The molecule has 0 saturated carbocycles. The Bertz CT molecular complexity index is 756. The zero-order chi connectivity index (χ0) is 14.8.